The highest BCUT2D eigenvalue weighted by Gasteiger charge is 2.28. The average Bonchev–Trinajstić information content (AvgIpc) is 2.34. The molecule has 2 aliphatic rings. The minimum Gasteiger partial charge on any atom is -0.352 e. The molecule has 0 aromatic rings. The van der Waals surface area contributed by atoms with Crippen LogP contribution < -0.4 is 10.6 Å². The van der Waals surface area contributed by atoms with Gasteiger partial charge >= 0.3 is 0 Å². The van der Waals surface area contributed by atoms with Gasteiger partial charge in [0, 0.05) is 12.6 Å². The number of rotatable bonds is 2. The van der Waals surface area contributed by atoms with E-state index in [9.17, 15) is 4.79 Å². The van der Waals surface area contributed by atoms with Gasteiger partial charge in [-0.2, -0.15) is 0 Å². The number of carbonyl (C=O) groups is 1. The van der Waals surface area contributed by atoms with Gasteiger partial charge in [-0.15, -0.1) is 0 Å². The maximum Gasteiger partial charge on any atom is 0.237 e. The summed E-state index contributed by atoms with van der Waals surface area (Å²) in [5.74, 6) is 0.771. The van der Waals surface area contributed by atoms with Crippen LogP contribution in [0, 0.1) is 5.92 Å². The van der Waals surface area contributed by atoms with Crippen LogP contribution in [0.3, 0.4) is 0 Å². The molecule has 0 aromatic carbocycles. The number of hydrogen-bond donors (Lipinski definition) is 2. The van der Waals surface area contributed by atoms with Crippen molar-refractivity contribution in [2.75, 3.05) is 26.7 Å². The molecular weight excluding hydrogens is 214 g/mol. The zero-order valence-electron chi connectivity index (χ0n) is 11.0. The SMILES string of the molecule is CC1CN(C)CCC1NC(=O)[C@@H]1CCCCN1. The topological polar surface area (TPSA) is 44.4 Å². The molecule has 3 atom stereocenters. The van der Waals surface area contributed by atoms with Gasteiger partial charge in [0.05, 0.1) is 6.04 Å². The first-order valence-corrected chi connectivity index (χ1v) is 6.89. The Bertz CT molecular complexity index is 263. The number of piperidine rings is 2. The number of nitrogens with one attached hydrogen (secondary N) is 2. The van der Waals surface area contributed by atoms with Crippen LogP contribution in [0.25, 0.3) is 0 Å². The van der Waals surface area contributed by atoms with Gasteiger partial charge in [0.1, 0.15) is 0 Å². The highest BCUT2D eigenvalue weighted by Crippen LogP contribution is 2.16. The van der Waals surface area contributed by atoms with Crippen LogP contribution in [0.15, 0.2) is 0 Å². The maximum atomic E-state index is 12.1. The fourth-order valence-electron chi connectivity index (χ4n) is 2.93. The van der Waals surface area contributed by atoms with E-state index >= 15 is 0 Å². The lowest BCUT2D eigenvalue weighted by Crippen LogP contribution is -2.54. The van der Waals surface area contributed by atoms with Crippen LogP contribution in [0.5, 0.6) is 0 Å². The van der Waals surface area contributed by atoms with Crippen LogP contribution in [0.2, 0.25) is 0 Å². The third-order valence-electron chi connectivity index (χ3n) is 4.06. The van der Waals surface area contributed by atoms with Gasteiger partial charge in [-0.25, -0.2) is 0 Å². The Morgan fingerprint density at radius 1 is 1.35 bits per heavy atom. The molecule has 1 amide bonds. The minimum absolute atomic E-state index is 0.0515. The predicted octanol–water partition coefficient (Wildman–Crippen LogP) is 0.585. The van der Waals surface area contributed by atoms with E-state index in [1.54, 1.807) is 0 Å². The molecule has 0 bridgehead atoms. The summed E-state index contributed by atoms with van der Waals surface area (Å²) >= 11 is 0. The molecule has 2 N–H and O–H groups in total. The molecule has 0 spiro atoms. The van der Waals surface area contributed by atoms with Gasteiger partial charge < -0.3 is 15.5 Å². The average molecular weight is 239 g/mol. The Labute approximate surface area is 104 Å². The van der Waals surface area contributed by atoms with E-state index in [1.165, 1.54) is 12.8 Å². The second-order valence-corrected chi connectivity index (χ2v) is 5.65. The molecule has 2 saturated heterocycles. The van der Waals surface area contributed by atoms with Crippen molar-refractivity contribution in [1.82, 2.24) is 15.5 Å². The standard InChI is InChI=1S/C13H25N3O/c1-10-9-16(2)8-6-11(10)15-13(17)12-5-3-4-7-14-12/h10-12,14H,3-9H2,1-2H3,(H,15,17)/t10?,11?,12-/m0/s1. The third-order valence-corrected chi connectivity index (χ3v) is 4.06. The Kier molecular flexibility index (Phi) is 4.40. The summed E-state index contributed by atoms with van der Waals surface area (Å²) in [4.78, 5) is 14.4. The van der Waals surface area contributed by atoms with Crippen molar-refractivity contribution in [1.29, 1.82) is 0 Å². The molecule has 2 rings (SSSR count). The summed E-state index contributed by atoms with van der Waals surface area (Å²) in [5, 5.41) is 6.54. The molecule has 4 heteroatoms. The fourth-order valence-corrected chi connectivity index (χ4v) is 2.93. The highest BCUT2D eigenvalue weighted by atomic mass is 16.2. The van der Waals surface area contributed by atoms with E-state index in [1.807, 2.05) is 0 Å². The van der Waals surface area contributed by atoms with Gasteiger partial charge in [-0.1, -0.05) is 13.3 Å². The summed E-state index contributed by atoms with van der Waals surface area (Å²) in [6.45, 7) is 5.40. The summed E-state index contributed by atoms with van der Waals surface area (Å²) in [6.07, 6.45) is 4.45. The first kappa shape index (κ1) is 12.8. The Morgan fingerprint density at radius 2 is 2.18 bits per heavy atom. The maximum absolute atomic E-state index is 12.1. The Balaban J connectivity index is 1.81. The third kappa shape index (κ3) is 3.42. The first-order valence-electron chi connectivity index (χ1n) is 6.89. The Morgan fingerprint density at radius 3 is 2.82 bits per heavy atom. The number of nitrogens with zero attached hydrogens (tertiary/aromatic N) is 1. The molecule has 17 heavy (non-hydrogen) atoms. The number of carbonyl (C=O) groups excluding carboxylic acids is 1. The smallest absolute Gasteiger partial charge is 0.237 e. The lowest BCUT2D eigenvalue weighted by atomic mass is 9.93. The van der Waals surface area contributed by atoms with Crippen LogP contribution in [-0.2, 0) is 4.79 Å². The van der Waals surface area contributed by atoms with E-state index in [-0.39, 0.29) is 11.9 Å². The summed E-state index contributed by atoms with van der Waals surface area (Å²) < 4.78 is 0. The zero-order chi connectivity index (χ0) is 12.3. The van der Waals surface area contributed by atoms with E-state index < -0.39 is 0 Å². The van der Waals surface area contributed by atoms with Crippen molar-refractivity contribution in [2.45, 2.75) is 44.7 Å². The molecule has 2 fully saturated rings. The van der Waals surface area contributed by atoms with Gasteiger partial charge in [0.15, 0.2) is 0 Å². The van der Waals surface area contributed by atoms with Crippen LogP contribution in [0.1, 0.15) is 32.6 Å². The molecule has 2 heterocycles. The Hall–Kier alpha value is -0.610. The summed E-state index contributed by atoms with van der Waals surface area (Å²) in [7, 11) is 2.15. The highest BCUT2D eigenvalue weighted by molar-refractivity contribution is 5.82. The molecule has 0 aromatic heterocycles. The summed E-state index contributed by atoms with van der Waals surface area (Å²) in [5.41, 5.74) is 0. The largest absolute Gasteiger partial charge is 0.352 e. The van der Waals surface area contributed by atoms with Crippen molar-refractivity contribution in [3.63, 3.8) is 0 Å². The van der Waals surface area contributed by atoms with E-state index in [2.05, 4.69) is 29.5 Å². The van der Waals surface area contributed by atoms with E-state index in [0.717, 1.165) is 32.5 Å². The van der Waals surface area contributed by atoms with Crippen molar-refractivity contribution in [2.24, 2.45) is 5.92 Å². The number of likely N-dealkylation sites (tertiary alicyclic amines) is 1. The monoisotopic (exact) mass is 239 g/mol. The first-order chi connectivity index (χ1) is 8.16. The van der Waals surface area contributed by atoms with Crippen molar-refractivity contribution in [3.8, 4) is 0 Å². The summed E-state index contributed by atoms with van der Waals surface area (Å²) in [6, 6.07) is 0.415. The molecule has 2 aliphatic heterocycles. The van der Waals surface area contributed by atoms with Gasteiger partial charge in [-0.05, 0) is 45.3 Å². The quantitative estimate of drug-likeness (QED) is 0.741. The molecule has 0 aliphatic carbocycles. The fraction of sp³-hybridized carbons (Fsp3) is 0.923. The predicted molar refractivity (Wildman–Crippen MR) is 68.9 cm³/mol. The number of hydrogen-bond acceptors (Lipinski definition) is 3. The van der Waals surface area contributed by atoms with Gasteiger partial charge in [0.25, 0.3) is 0 Å². The van der Waals surface area contributed by atoms with Crippen LogP contribution in [-0.4, -0.2) is 49.6 Å². The van der Waals surface area contributed by atoms with Gasteiger partial charge in [-0.3, -0.25) is 4.79 Å². The number of amides is 1. The zero-order valence-corrected chi connectivity index (χ0v) is 11.0. The molecule has 4 nitrogen and oxygen atoms in total. The minimum atomic E-state index is 0.0515. The van der Waals surface area contributed by atoms with E-state index in [4.69, 9.17) is 0 Å². The molecule has 98 valence electrons. The second kappa shape index (κ2) is 5.83. The van der Waals surface area contributed by atoms with Crippen molar-refractivity contribution >= 4 is 5.91 Å². The van der Waals surface area contributed by atoms with Gasteiger partial charge in [0.2, 0.25) is 5.91 Å². The van der Waals surface area contributed by atoms with Crippen LogP contribution in [0.4, 0.5) is 0 Å². The van der Waals surface area contributed by atoms with Crippen molar-refractivity contribution in [3.05, 3.63) is 0 Å². The second-order valence-electron chi connectivity index (χ2n) is 5.65. The lowest BCUT2D eigenvalue weighted by molar-refractivity contribution is -0.125. The molecule has 0 radical (unpaired) electrons. The molecule has 0 saturated carbocycles. The van der Waals surface area contributed by atoms with E-state index in [0.29, 0.717) is 12.0 Å². The van der Waals surface area contributed by atoms with Crippen molar-refractivity contribution < 1.29 is 4.79 Å². The molecule has 2 unspecified atom stereocenters. The lowest BCUT2D eigenvalue weighted by Gasteiger charge is -2.36. The van der Waals surface area contributed by atoms with Crippen LogP contribution >= 0.6 is 0 Å². The normalized spacial score (nSPS) is 35.5. The molecular formula is C13H25N3O.